The summed E-state index contributed by atoms with van der Waals surface area (Å²) in [5, 5.41) is 15.1. The predicted octanol–water partition coefficient (Wildman–Crippen LogP) is 6.21. The molecule has 0 radical (unpaired) electrons. The molecule has 0 amide bonds. The standard InChI is InChI=1S/C26H33FN2O2S2/c1-31-21-4-6-26-24(15-21)23(7-10-28-26)25(27)5-3-19-8-12-29(16-20(19)17-30)11-2-13-33-22-9-14-32-18-22/h4,6-7,9-10,14-15,18-20,25,30H,2-3,5,8,11-13,16-17H2,1H3/t19-,20-,25-/m1/s1. The van der Waals surface area contributed by atoms with Gasteiger partial charge in [-0.05, 0) is 97.6 Å². The fourth-order valence-electron chi connectivity index (χ4n) is 4.82. The Hall–Kier alpha value is -1.67. The predicted molar refractivity (Wildman–Crippen MR) is 136 cm³/mol. The highest BCUT2D eigenvalue weighted by molar-refractivity contribution is 7.99. The summed E-state index contributed by atoms with van der Waals surface area (Å²) in [6.07, 6.45) is 4.07. The molecule has 178 valence electrons. The largest absolute Gasteiger partial charge is 0.497 e. The van der Waals surface area contributed by atoms with E-state index in [-0.39, 0.29) is 12.5 Å². The molecule has 3 heterocycles. The van der Waals surface area contributed by atoms with Crippen LogP contribution in [0.15, 0.2) is 52.2 Å². The Morgan fingerprint density at radius 2 is 2.21 bits per heavy atom. The second kappa shape index (κ2) is 12.2. The van der Waals surface area contributed by atoms with Crippen LogP contribution in [-0.4, -0.2) is 54.1 Å². The van der Waals surface area contributed by atoms with E-state index in [2.05, 4.69) is 26.7 Å². The molecule has 3 aromatic rings. The molecule has 0 unspecified atom stereocenters. The molecule has 0 saturated carbocycles. The van der Waals surface area contributed by atoms with E-state index in [4.69, 9.17) is 4.74 Å². The van der Waals surface area contributed by atoms with Gasteiger partial charge in [0, 0.05) is 35.0 Å². The number of aliphatic hydroxyl groups excluding tert-OH is 1. The minimum absolute atomic E-state index is 0.178. The average molecular weight is 489 g/mol. The number of pyridine rings is 1. The Morgan fingerprint density at radius 1 is 1.30 bits per heavy atom. The lowest BCUT2D eigenvalue weighted by molar-refractivity contribution is 0.0640. The number of nitrogens with zero attached hydrogens (tertiary/aromatic N) is 2. The van der Waals surface area contributed by atoms with Gasteiger partial charge in [0.2, 0.25) is 0 Å². The first-order chi connectivity index (χ1) is 16.2. The maximum atomic E-state index is 15.3. The van der Waals surface area contributed by atoms with E-state index < -0.39 is 6.17 Å². The van der Waals surface area contributed by atoms with Gasteiger partial charge in [-0.3, -0.25) is 4.98 Å². The monoisotopic (exact) mass is 488 g/mol. The number of hydrogen-bond donors (Lipinski definition) is 1. The highest BCUT2D eigenvalue weighted by Crippen LogP contribution is 2.35. The number of fused-ring (bicyclic) bond motifs is 1. The molecule has 1 saturated heterocycles. The van der Waals surface area contributed by atoms with Crippen LogP contribution >= 0.6 is 23.1 Å². The number of alkyl halides is 1. The number of piperidine rings is 1. The van der Waals surface area contributed by atoms with E-state index in [1.807, 2.05) is 30.0 Å². The minimum Gasteiger partial charge on any atom is -0.497 e. The molecule has 33 heavy (non-hydrogen) atoms. The molecule has 7 heteroatoms. The van der Waals surface area contributed by atoms with Crippen LogP contribution in [0.5, 0.6) is 5.75 Å². The number of hydrogen-bond acceptors (Lipinski definition) is 6. The molecular weight excluding hydrogens is 455 g/mol. The fraction of sp³-hybridized carbons (Fsp3) is 0.500. The number of thiophene rings is 1. The van der Waals surface area contributed by atoms with E-state index in [1.165, 1.54) is 4.90 Å². The van der Waals surface area contributed by atoms with Crippen molar-refractivity contribution < 1.29 is 14.2 Å². The number of methoxy groups -OCH3 is 1. The third kappa shape index (κ3) is 6.47. The maximum absolute atomic E-state index is 15.3. The van der Waals surface area contributed by atoms with Crippen molar-refractivity contribution in [3.63, 3.8) is 0 Å². The van der Waals surface area contributed by atoms with E-state index in [0.29, 0.717) is 23.7 Å². The van der Waals surface area contributed by atoms with E-state index in [0.717, 1.165) is 55.6 Å². The van der Waals surface area contributed by atoms with Crippen LogP contribution in [0.4, 0.5) is 4.39 Å². The molecule has 3 atom stereocenters. The zero-order chi connectivity index (χ0) is 23.0. The summed E-state index contributed by atoms with van der Waals surface area (Å²) < 4.78 is 20.7. The topological polar surface area (TPSA) is 45.6 Å². The highest BCUT2D eigenvalue weighted by atomic mass is 32.2. The summed E-state index contributed by atoms with van der Waals surface area (Å²) >= 11 is 3.66. The van der Waals surface area contributed by atoms with Crippen LogP contribution in [0.1, 0.15) is 37.4 Å². The van der Waals surface area contributed by atoms with Gasteiger partial charge < -0.3 is 14.7 Å². The molecule has 1 fully saturated rings. The lowest BCUT2D eigenvalue weighted by atomic mass is 9.81. The van der Waals surface area contributed by atoms with Crippen LogP contribution in [0, 0.1) is 11.8 Å². The van der Waals surface area contributed by atoms with Crippen LogP contribution in [0.3, 0.4) is 0 Å². The Labute approximate surface area is 204 Å². The van der Waals surface area contributed by atoms with E-state index in [9.17, 15) is 5.11 Å². The molecule has 1 aromatic carbocycles. The third-order valence-corrected chi connectivity index (χ3v) is 8.62. The van der Waals surface area contributed by atoms with Crippen molar-refractivity contribution in [2.45, 2.75) is 36.8 Å². The molecule has 4 rings (SSSR count). The van der Waals surface area contributed by atoms with Crippen molar-refractivity contribution in [3.05, 3.63) is 52.9 Å². The van der Waals surface area contributed by atoms with Crippen molar-refractivity contribution in [2.75, 3.05) is 39.1 Å². The van der Waals surface area contributed by atoms with Crippen LogP contribution in [0.25, 0.3) is 10.9 Å². The van der Waals surface area contributed by atoms with Crippen molar-refractivity contribution in [1.29, 1.82) is 0 Å². The summed E-state index contributed by atoms with van der Waals surface area (Å²) in [4.78, 5) is 8.19. The number of aliphatic hydroxyl groups is 1. The zero-order valence-corrected chi connectivity index (χ0v) is 20.8. The summed E-state index contributed by atoms with van der Waals surface area (Å²) in [5.74, 6) is 2.43. The van der Waals surface area contributed by atoms with Gasteiger partial charge in [-0.1, -0.05) is 0 Å². The van der Waals surface area contributed by atoms with E-state index in [1.54, 1.807) is 30.7 Å². The highest BCUT2D eigenvalue weighted by Gasteiger charge is 2.29. The minimum atomic E-state index is -1.05. The molecule has 2 aromatic heterocycles. The number of halogens is 1. The fourth-order valence-corrected chi connectivity index (χ4v) is 6.54. The SMILES string of the molecule is COc1ccc2nccc([C@H](F)CC[C@@H]3CCN(CCCSc4ccsc4)C[C@@H]3CO)c2c1. The molecule has 0 spiro atoms. The zero-order valence-electron chi connectivity index (χ0n) is 19.2. The lowest BCUT2D eigenvalue weighted by Gasteiger charge is -2.38. The Kier molecular flexibility index (Phi) is 9.01. The Bertz CT molecular complexity index is 1000. The normalized spacial score (nSPS) is 20.2. The molecular formula is C26H33FN2O2S2. The van der Waals surface area contributed by atoms with Crippen molar-refractivity contribution >= 4 is 34.0 Å². The van der Waals surface area contributed by atoms with Gasteiger partial charge in [-0.2, -0.15) is 11.3 Å². The second-order valence-electron chi connectivity index (χ2n) is 8.78. The molecule has 1 N–H and O–H groups in total. The van der Waals surface area contributed by atoms with Crippen molar-refractivity contribution in [3.8, 4) is 5.75 Å². The summed E-state index contributed by atoms with van der Waals surface area (Å²) in [7, 11) is 1.62. The maximum Gasteiger partial charge on any atom is 0.126 e. The number of aromatic nitrogens is 1. The van der Waals surface area contributed by atoms with Gasteiger partial charge in [0.25, 0.3) is 0 Å². The summed E-state index contributed by atoms with van der Waals surface area (Å²) in [6, 6.07) is 9.56. The van der Waals surface area contributed by atoms with Gasteiger partial charge in [-0.15, -0.1) is 11.8 Å². The third-order valence-electron chi connectivity index (χ3n) is 6.70. The van der Waals surface area contributed by atoms with Crippen LogP contribution in [-0.2, 0) is 0 Å². The number of rotatable bonds is 11. The van der Waals surface area contributed by atoms with Crippen LogP contribution in [0.2, 0.25) is 0 Å². The van der Waals surface area contributed by atoms with Crippen molar-refractivity contribution in [1.82, 2.24) is 9.88 Å². The Morgan fingerprint density at radius 3 is 3.00 bits per heavy atom. The molecule has 0 aliphatic carbocycles. The van der Waals surface area contributed by atoms with Crippen LogP contribution < -0.4 is 4.74 Å². The second-order valence-corrected chi connectivity index (χ2v) is 10.7. The number of ether oxygens (including phenoxy) is 1. The van der Waals surface area contributed by atoms with Gasteiger partial charge >= 0.3 is 0 Å². The summed E-state index contributed by atoms with van der Waals surface area (Å²) in [5.41, 5.74) is 1.47. The quantitative estimate of drug-likeness (QED) is 0.257. The van der Waals surface area contributed by atoms with Crippen molar-refractivity contribution in [2.24, 2.45) is 11.8 Å². The first kappa shape index (κ1) is 24.5. The smallest absolute Gasteiger partial charge is 0.126 e. The lowest BCUT2D eigenvalue weighted by Crippen LogP contribution is -2.42. The van der Waals surface area contributed by atoms with Gasteiger partial charge in [0.15, 0.2) is 0 Å². The molecule has 4 nitrogen and oxygen atoms in total. The Balaban J connectivity index is 1.27. The molecule has 1 aliphatic heterocycles. The van der Waals surface area contributed by atoms with Gasteiger partial charge in [0.1, 0.15) is 11.9 Å². The van der Waals surface area contributed by atoms with Gasteiger partial charge in [-0.25, -0.2) is 4.39 Å². The number of thioether (sulfide) groups is 1. The number of benzene rings is 1. The van der Waals surface area contributed by atoms with E-state index >= 15 is 4.39 Å². The first-order valence-corrected chi connectivity index (χ1v) is 13.7. The average Bonchev–Trinajstić information content (AvgIpc) is 3.38. The molecule has 0 bridgehead atoms. The number of likely N-dealkylation sites (tertiary alicyclic amines) is 1. The first-order valence-electron chi connectivity index (χ1n) is 11.7. The van der Waals surface area contributed by atoms with Gasteiger partial charge in [0.05, 0.1) is 12.6 Å². The molecule has 1 aliphatic rings. The summed E-state index contributed by atoms with van der Waals surface area (Å²) in [6.45, 7) is 3.20.